The minimum Gasteiger partial charge on any atom is -0.384 e. The van der Waals surface area contributed by atoms with Crippen molar-refractivity contribution in [3.05, 3.63) is 23.8 Å². The summed E-state index contributed by atoms with van der Waals surface area (Å²) < 4.78 is 27.8. The van der Waals surface area contributed by atoms with Gasteiger partial charge in [-0.1, -0.05) is 12.8 Å². The summed E-state index contributed by atoms with van der Waals surface area (Å²) >= 11 is 0. The van der Waals surface area contributed by atoms with Crippen LogP contribution in [-0.2, 0) is 16.4 Å². The first-order valence-corrected chi connectivity index (χ1v) is 9.49. The molecule has 2 aliphatic heterocycles. The van der Waals surface area contributed by atoms with Gasteiger partial charge in [-0.05, 0) is 55.4 Å². The Hall–Kier alpha value is -1.07. The number of rotatable bonds is 2. The molecule has 2 fully saturated rings. The summed E-state index contributed by atoms with van der Waals surface area (Å²) in [5.74, 6) is 0.588. The maximum absolute atomic E-state index is 13.0. The maximum atomic E-state index is 13.0. The fourth-order valence-electron chi connectivity index (χ4n) is 4.24. The first kappa shape index (κ1) is 13.6. The number of hydrogen-bond donors (Lipinski definition) is 1. The predicted molar refractivity (Wildman–Crippen MR) is 82.9 cm³/mol. The molecule has 2 atom stereocenters. The Balaban J connectivity index is 1.67. The second-order valence-electron chi connectivity index (χ2n) is 6.51. The molecule has 0 amide bonds. The van der Waals surface area contributed by atoms with Gasteiger partial charge in [0.1, 0.15) is 0 Å². The van der Waals surface area contributed by atoms with Crippen molar-refractivity contribution in [2.24, 2.45) is 5.92 Å². The Morgan fingerprint density at radius 2 is 2.00 bits per heavy atom. The Bertz CT molecular complexity index is 656. The first-order valence-electron chi connectivity index (χ1n) is 8.05. The van der Waals surface area contributed by atoms with E-state index in [-0.39, 0.29) is 6.04 Å². The van der Waals surface area contributed by atoms with Crippen molar-refractivity contribution in [1.29, 1.82) is 0 Å². The lowest BCUT2D eigenvalue weighted by molar-refractivity contribution is 0.260. The molecule has 21 heavy (non-hydrogen) atoms. The van der Waals surface area contributed by atoms with E-state index in [2.05, 4.69) is 5.32 Å². The third kappa shape index (κ3) is 2.18. The normalized spacial score (nSPS) is 29.0. The summed E-state index contributed by atoms with van der Waals surface area (Å²) in [6, 6.07) is 5.81. The van der Waals surface area contributed by atoms with E-state index in [4.69, 9.17) is 0 Å². The molecule has 4 rings (SSSR count). The van der Waals surface area contributed by atoms with E-state index in [0.717, 1.165) is 37.1 Å². The Labute approximate surface area is 126 Å². The molecule has 5 heteroatoms. The van der Waals surface area contributed by atoms with Crippen LogP contribution in [0.15, 0.2) is 23.1 Å². The number of sulfonamides is 1. The largest absolute Gasteiger partial charge is 0.384 e. The molecular formula is C16H22N2O2S. The van der Waals surface area contributed by atoms with E-state index in [1.165, 1.54) is 19.3 Å². The Morgan fingerprint density at radius 3 is 2.90 bits per heavy atom. The summed E-state index contributed by atoms with van der Waals surface area (Å²) in [6.07, 6.45) is 6.63. The highest BCUT2D eigenvalue weighted by molar-refractivity contribution is 7.89. The summed E-state index contributed by atoms with van der Waals surface area (Å²) in [6.45, 7) is 1.61. The zero-order valence-electron chi connectivity index (χ0n) is 12.2. The monoisotopic (exact) mass is 306 g/mol. The highest BCUT2D eigenvalue weighted by atomic mass is 32.2. The van der Waals surface area contributed by atoms with Crippen LogP contribution < -0.4 is 5.32 Å². The van der Waals surface area contributed by atoms with Crippen molar-refractivity contribution in [1.82, 2.24) is 4.31 Å². The van der Waals surface area contributed by atoms with E-state index in [1.807, 2.05) is 12.1 Å². The van der Waals surface area contributed by atoms with Crippen molar-refractivity contribution in [3.63, 3.8) is 0 Å². The van der Waals surface area contributed by atoms with Gasteiger partial charge in [-0.25, -0.2) is 8.42 Å². The van der Waals surface area contributed by atoms with Crippen molar-refractivity contribution in [2.75, 3.05) is 18.4 Å². The lowest BCUT2D eigenvalue weighted by Crippen LogP contribution is -2.39. The van der Waals surface area contributed by atoms with Crippen LogP contribution in [0.2, 0.25) is 0 Å². The van der Waals surface area contributed by atoms with Gasteiger partial charge in [0.25, 0.3) is 0 Å². The summed E-state index contributed by atoms with van der Waals surface area (Å²) in [7, 11) is -3.33. The molecule has 1 aliphatic carbocycles. The molecule has 3 aliphatic rings. The summed E-state index contributed by atoms with van der Waals surface area (Å²) in [5.41, 5.74) is 2.22. The number of anilines is 1. The molecule has 4 nitrogen and oxygen atoms in total. The highest BCUT2D eigenvalue weighted by Gasteiger charge is 2.42. The number of benzene rings is 1. The topological polar surface area (TPSA) is 49.4 Å². The molecule has 114 valence electrons. The van der Waals surface area contributed by atoms with E-state index in [1.54, 1.807) is 10.4 Å². The number of nitrogens with one attached hydrogen (secondary N) is 1. The van der Waals surface area contributed by atoms with E-state index >= 15 is 0 Å². The summed E-state index contributed by atoms with van der Waals surface area (Å²) in [5, 5.41) is 3.29. The van der Waals surface area contributed by atoms with Gasteiger partial charge in [0.2, 0.25) is 10.0 Å². The molecule has 1 aromatic carbocycles. The molecule has 1 N–H and O–H groups in total. The van der Waals surface area contributed by atoms with Gasteiger partial charge in [-0.2, -0.15) is 4.31 Å². The van der Waals surface area contributed by atoms with Crippen molar-refractivity contribution < 1.29 is 8.42 Å². The van der Waals surface area contributed by atoms with E-state index in [9.17, 15) is 8.42 Å². The Kier molecular flexibility index (Phi) is 3.23. The average molecular weight is 306 g/mol. The standard InChI is InChI=1S/C16H22N2O2S/c19-21(20,14-5-6-15-13(11-14)7-9-17-15)18-10-8-12-3-1-2-4-16(12)18/h5-6,11-12,16-17H,1-4,7-10H2. The molecule has 2 unspecified atom stereocenters. The van der Waals surface area contributed by atoms with Crippen molar-refractivity contribution in [2.45, 2.75) is 49.5 Å². The predicted octanol–water partition coefficient (Wildman–Crippen LogP) is 2.61. The third-order valence-corrected chi connectivity index (χ3v) is 7.27. The van der Waals surface area contributed by atoms with E-state index in [0.29, 0.717) is 17.4 Å². The van der Waals surface area contributed by atoms with E-state index < -0.39 is 10.0 Å². The molecule has 0 aromatic heterocycles. The molecular weight excluding hydrogens is 284 g/mol. The molecule has 1 saturated carbocycles. The van der Waals surface area contributed by atoms with Crippen LogP contribution in [0.5, 0.6) is 0 Å². The average Bonchev–Trinajstić information content (AvgIpc) is 3.13. The second kappa shape index (κ2) is 4.99. The van der Waals surface area contributed by atoms with Gasteiger partial charge in [-0.15, -0.1) is 0 Å². The molecule has 1 saturated heterocycles. The fourth-order valence-corrected chi connectivity index (χ4v) is 6.02. The van der Waals surface area contributed by atoms with Crippen LogP contribution in [0.4, 0.5) is 5.69 Å². The van der Waals surface area contributed by atoms with Crippen LogP contribution in [0.25, 0.3) is 0 Å². The van der Waals surface area contributed by atoms with Crippen LogP contribution in [-0.4, -0.2) is 31.9 Å². The van der Waals surface area contributed by atoms with Crippen molar-refractivity contribution >= 4 is 15.7 Å². The van der Waals surface area contributed by atoms with Gasteiger partial charge in [-0.3, -0.25) is 0 Å². The number of nitrogens with zero attached hydrogens (tertiary/aromatic N) is 1. The minimum absolute atomic E-state index is 0.245. The van der Waals surface area contributed by atoms with Gasteiger partial charge in [0.15, 0.2) is 0 Å². The summed E-state index contributed by atoms with van der Waals surface area (Å²) in [4.78, 5) is 0.483. The molecule has 0 spiro atoms. The Morgan fingerprint density at radius 1 is 1.14 bits per heavy atom. The van der Waals surface area contributed by atoms with Gasteiger partial charge >= 0.3 is 0 Å². The van der Waals surface area contributed by atoms with Crippen LogP contribution in [0.3, 0.4) is 0 Å². The highest BCUT2D eigenvalue weighted by Crippen LogP contribution is 2.39. The smallest absolute Gasteiger partial charge is 0.243 e. The molecule has 0 bridgehead atoms. The molecule has 1 aromatic rings. The SMILES string of the molecule is O=S(=O)(c1ccc2c(c1)CCN2)N1CCC2CCCCC21. The lowest BCUT2D eigenvalue weighted by Gasteiger charge is -2.31. The van der Waals surface area contributed by atoms with Gasteiger partial charge in [0, 0.05) is 24.8 Å². The first-order chi connectivity index (χ1) is 10.2. The van der Waals surface area contributed by atoms with Gasteiger partial charge < -0.3 is 5.32 Å². The number of fused-ring (bicyclic) bond motifs is 2. The fraction of sp³-hybridized carbons (Fsp3) is 0.625. The zero-order chi connectivity index (χ0) is 14.4. The molecule has 2 heterocycles. The third-order valence-electron chi connectivity index (χ3n) is 5.35. The second-order valence-corrected chi connectivity index (χ2v) is 8.40. The zero-order valence-corrected chi connectivity index (χ0v) is 13.0. The van der Waals surface area contributed by atoms with Gasteiger partial charge in [0.05, 0.1) is 4.90 Å². The maximum Gasteiger partial charge on any atom is 0.243 e. The minimum atomic E-state index is -3.33. The number of hydrogen-bond acceptors (Lipinski definition) is 3. The van der Waals surface area contributed by atoms with Crippen LogP contribution in [0.1, 0.15) is 37.7 Å². The van der Waals surface area contributed by atoms with Crippen molar-refractivity contribution in [3.8, 4) is 0 Å². The molecule has 0 radical (unpaired) electrons. The van der Waals surface area contributed by atoms with Crippen LogP contribution >= 0.6 is 0 Å². The lowest BCUT2D eigenvalue weighted by atomic mass is 9.86. The quantitative estimate of drug-likeness (QED) is 0.914. The van der Waals surface area contributed by atoms with Crippen LogP contribution in [0, 0.1) is 5.92 Å².